The minimum absolute atomic E-state index is 0.0733. The number of halogens is 1. The molecule has 1 fully saturated rings. The van der Waals surface area contributed by atoms with E-state index < -0.39 is 0 Å². The smallest absolute Gasteiger partial charge is 0.123 e. The second-order valence-corrected chi connectivity index (χ2v) is 8.55. The van der Waals surface area contributed by atoms with Crippen molar-refractivity contribution in [3.05, 3.63) is 95.3 Å². The van der Waals surface area contributed by atoms with Crippen molar-refractivity contribution in [2.75, 3.05) is 4.90 Å². The summed E-state index contributed by atoms with van der Waals surface area (Å²) < 4.78 is 13.2. The van der Waals surface area contributed by atoms with Gasteiger partial charge in [-0.15, -0.1) is 0 Å². The Morgan fingerprint density at radius 1 is 0.968 bits per heavy atom. The molecule has 4 rings (SSSR count). The lowest BCUT2D eigenvalue weighted by Gasteiger charge is -2.31. The number of anilines is 1. The zero-order valence-electron chi connectivity index (χ0n) is 17.2. The lowest BCUT2D eigenvalue weighted by Crippen LogP contribution is -2.28. The van der Waals surface area contributed by atoms with E-state index in [1.807, 2.05) is 54.6 Å². The van der Waals surface area contributed by atoms with Gasteiger partial charge < -0.3 is 15.1 Å². The van der Waals surface area contributed by atoms with Crippen molar-refractivity contribution in [2.45, 2.75) is 38.3 Å². The van der Waals surface area contributed by atoms with Crippen molar-refractivity contribution in [2.24, 2.45) is 5.92 Å². The van der Waals surface area contributed by atoms with Gasteiger partial charge in [0, 0.05) is 17.7 Å². The van der Waals surface area contributed by atoms with Crippen LogP contribution in [-0.4, -0.2) is 15.2 Å². The van der Waals surface area contributed by atoms with Crippen LogP contribution >= 0.6 is 12.2 Å². The van der Waals surface area contributed by atoms with E-state index in [2.05, 4.69) is 4.90 Å². The molecule has 0 amide bonds. The summed E-state index contributed by atoms with van der Waals surface area (Å²) in [5.74, 6) is 0.218. The largest absolute Gasteiger partial charge is 0.508 e. The van der Waals surface area contributed by atoms with Crippen molar-refractivity contribution < 1.29 is 14.6 Å². The number of para-hydroxylation sites is 1. The van der Waals surface area contributed by atoms with E-state index in [9.17, 15) is 14.6 Å². The minimum atomic E-state index is -0.217. The molecule has 5 heteroatoms. The standard InChI is InChI=1S/C26H26FNO2S/c27-21-12-9-18(10-13-21)5-4-6-20-16-25(31)28(22-7-2-1-3-8-22)26(20)23-14-11-19(17-29)15-24(23)30/h1-3,7-15,20,26,29-30H,4-6,16-17H2/t20-,26+/m1/s1. The summed E-state index contributed by atoms with van der Waals surface area (Å²) in [4.78, 5) is 3.03. The van der Waals surface area contributed by atoms with E-state index in [1.54, 1.807) is 6.07 Å². The topological polar surface area (TPSA) is 43.7 Å². The Morgan fingerprint density at radius 2 is 1.68 bits per heavy atom. The molecule has 2 N–H and O–H groups in total. The van der Waals surface area contributed by atoms with Crippen molar-refractivity contribution >= 4 is 22.9 Å². The molecule has 3 aromatic carbocycles. The van der Waals surface area contributed by atoms with Crippen LogP contribution in [-0.2, 0) is 13.0 Å². The lowest BCUT2D eigenvalue weighted by atomic mass is 9.87. The third-order valence-corrected chi connectivity index (χ3v) is 6.38. The van der Waals surface area contributed by atoms with E-state index in [4.69, 9.17) is 12.2 Å². The summed E-state index contributed by atoms with van der Waals surface area (Å²) in [5.41, 5.74) is 3.64. The van der Waals surface area contributed by atoms with Crippen LogP contribution in [0.4, 0.5) is 10.1 Å². The summed E-state index contributed by atoms with van der Waals surface area (Å²) in [6.45, 7) is -0.111. The highest BCUT2D eigenvalue weighted by Crippen LogP contribution is 2.46. The summed E-state index contributed by atoms with van der Waals surface area (Å²) in [5, 5.41) is 20.2. The summed E-state index contributed by atoms with van der Waals surface area (Å²) >= 11 is 5.79. The quantitative estimate of drug-likeness (QED) is 0.451. The molecule has 0 aromatic heterocycles. The fraction of sp³-hybridized carbons (Fsp3) is 0.269. The first kappa shape index (κ1) is 21.5. The molecule has 1 saturated heterocycles. The molecule has 3 nitrogen and oxygen atoms in total. The number of aromatic hydroxyl groups is 1. The van der Waals surface area contributed by atoms with E-state index in [-0.39, 0.29) is 30.1 Å². The number of hydrogen-bond acceptors (Lipinski definition) is 3. The SMILES string of the molecule is OCc1ccc([C@@H]2[C@H](CCCc3ccc(F)cc3)CC(=S)N2c2ccccc2)c(O)c1. The molecule has 0 radical (unpaired) electrons. The first-order valence-electron chi connectivity index (χ1n) is 10.6. The van der Waals surface area contributed by atoms with Crippen LogP contribution < -0.4 is 4.90 Å². The zero-order valence-corrected chi connectivity index (χ0v) is 18.1. The number of rotatable bonds is 7. The van der Waals surface area contributed by atoms with Gasteiger partial charge >= 0.3 is 0 Å². The summed E-state index contributed by atoms with van der Waals surface area (Å²) in [6, 6.07) is 22.0. The molecule has 160 valence electrons. The summed E-state index contributed by atoms with van der Waals surface area (Å²) in [6.07, 6.45) is 3.54. The fourth-order valence-electron chi connectivity index (χ4n) is 4.50. The highest BCUT2D eigenvalue weighted by molar-refractivity contribution is 7.80. The zero-order chi connectivity index (χ0) is 21.8. The van der Waals surface area contributed by atoms with Gasteiger partial charge in [0.05, 0.1) is 17.6 Å². The number of phenolic OH excluding ortho intramolecular Hbond substituents is 1. The highest BCUT2D eigenvalue weighted by Gasteiger charge is 2.40. The predicted molar refractivity (Wildman–Crippen MR) is 126 cm³/mol. The number of thiocarbonyl (C=S) groups is 1. The highest BCUT2D eigenvalue weighted by atomic mass is 32.1. The Hall–Kier alpha value is -2.76. The van der Waals surface area contributed by atoms with Crippen LogP contribution in [0.1, 0.15) is 42.0 Å². The Morgan fingerprint density at radius 3 is 2.35 bits per heavy atom. The van der Waals surface area contributed by atoms with E-state index in [0.717, 1.165) is 47.5 Å². The van der Waals surface area contributed by atoms with Gasteiger partial charge in [-0.2, -0.15) is 0 Å². The third-order valence-electron chi connectivity index (χ3n) is 6.01. The number of aliphatic hydroxyl groups excluding tert-OH is 1. The van der Waals surface area contributed by atoms with Gasteiger partial charge in [-0.1, -0.05) is 54.7 Å². The number of phenols is 1. The summed E-state index contributed by atoms with van der Waals surface area (Å²) in [7, 11) is 0. The lowest BCUT2D eigenvalue weighted by molar-refractivity contribution is 0.281. The molecular formula is C26H26FNO2S. The molecule has 31 heavy (non-hydrogen) atoms. The van der Waals surface area contributed by atoms with Crippen molar-refractivity contribution in [1.29, 1.82) is 0 Å². The Bertz CT molecular complexity index is 1040. The van der Waals surface area contributed by atoms with Crippen LogP contribution in [0.5, 0.6) is 5.75 Å². The van der Waals surface area contributed by atoms with Crippen LogP contribution in [0, 0.1) is 11.7 Å². The molecule has 0 unspecified atom stereocenters. The van der Waals surface area contributed by atoms with Gasteiger partial charge in [0.2, 0.25) is 0 Å². The minimum Gasteiger partial charge on any atom is -0.508 e. The number of benzene rings is 3. The van der Waals surface area contributed by atoms with Crippen molar-refractivity contribution in [1.82, 2.24) is 0 Å². The van der Waals surface area contributed by atoms with Crippen LogP contribution in [0.3, 0.4) is 0 Å². The van der Waals surface area contributed by atoms with Crippen LogP contribution in [0.15, 0.2) is 72.8 Å². The van der Waals surface area contributed by atoms with Crippen LogP contribution in [0.2, 0.25) is 0 Å². The van der Waals surface area contributed by atoms with Gasteiger partial charge in [0.25, 0.3) is 0 Å². The maximum Gasteiger partial charge on any atom is 0.123 e. The molecule has 1 aliphatic rings. The molecule has 0 aliphatic carbocycles. The number of aliphatic hydroxyl groups is 1. The Labute approximate surface area is 187 Å². The first-order valence-corrected chi connectivity index (χ1v) is 11.0. The average Bonchev–Trinajstić information content (AvgIpc) is 3.11. The van der Waals surface area contributed by atoms with Crippen molar-refractivity contribution in [3.63, 3.8) is 0 Å². The Kier molecular flexibility index (Phi) is 6.64. The van der Waals surface area contributed by atoms with E-state index in [0.29, 0.717) is 5.56 Å². The molecule has 1 aliphatic heterocycles. The molecule has 0 spiro atoms. The van der Waals surface area contributed by atoms with Crippen LogP contribution in [0.25, 0.3) is 0 Å². The fourth-order valence-corrected chi connectivity index (χ4v) is 4.94. The predicted octanol–water partition coefficient (Wildman–Crippen LogP) is 5.94. The van der Waals surface area contributed by atoms with Crippen molar-refractivity contribution in [3.8, 4) is 5.75 Å². The molecular weight excluding hydrogens is 409 g/mol. The van der Waals surface area contributed by atoms with Gasteiger partial charge in [0.15, 0.2) is 0 Å². The molecule has 3 aromatic rings. The maximum absolute atomic E-state index is 13.2. The second kappa shape index (κ2) is 9.58. The third kappa shape index (κ3) is 4.78. The van der Waals surface area contributed by atoms with Gasteiger partial charge in [0.1, 0.15) is 11.6 Å². The number of nitrogens with zero attached hydrogens (tertiary/aromatic N) is 1. The molecule has 0 bridgehead atoms. The van der Waals surface area contributed by atoms with Gasteiger partial charge in [-0.3, -0.25) is 0 Å². The monoisotopic (exact) mass is 435 g/mol. The van der Waals surface area contributed by atoms with E-state index >= 15 is 0 Å². The molecule has 1 heterocycles. The first-order chi connectivity index (χ1) is 15.1. The average molecular weight is 436 g/mol. The Balaban J connectivity index is 1.60. The maximum atomic E-state index is 13.2. The van der Waals surface area contributed by atoms with Gasteiger partial charge in [-0.25, -0.2) is 4.39 Å². The molecule has 0 saturated carbocycles. The van der Waals surface area contributed by atoms with E-state index in [1.165, 1.54) is 12.1 Å². The normalized spacial score (nSPS) is 18.5. The number of aryl methyl sites for hydroxylation is 1. The number of hydrogen-bond donors (Lipinski definition) is 2. The molecule has 2 atom stereocenters. The second-order valence-electron chi connectivity index (χ2n) is 8.08. The van der Waals surface area contributed by atoms with Gasteiger partial charge in [-0.05, 0) is 66.6 Å².